The number of para-hydroxylation sites is 1. The Labute approximate surface area is 121 Å². The van der Waals surface area contributed by atoms with Crippen molar-refractivity contribution in [3.8, 4) is 0 Å². The summed E-state index contributed by atoms with van der Waals surface area (Å²) in [6.07, 6.45) is 5.78. The summed E-state index contributed by atoms with van der Waals surface area (Å²) in [6.45, 7) is 0.760. The van der Waals surface area contributed by atoms with Crippen molar-refractivity contribution in [2.75, 3.05) is 23.3 Å². The minimum absolute atomic E-state index is 0.729. The highest BCUT2D eigenvalue weighted by Crippen LogP contribution is 2.37. The van der Waals surface area contributed by atoms with Crippen LogP contribution in [0.3, 0.4) is 0 Å². The van der Waals surface area contributed by atoms with Crippen LogP contribution in [0, 0.1) is 0 Å². The Bertz CT molecular complexity index is 876. The van der Waals surface area contributed by atoms with E-state index < -0.39 is 0 Å². The fourth-order valence-corrected chi connectivity index (χ4v) is 2.85. The van der Waals surface area contributed by atoms with Crippen LogP contribution in [0.4, 0.5) is 17.1 Å². The van der Waals surface area contributed by atoms with E-state index in [0.717, 1.165) is 45.8 Å². The Balaban J connectivity index is 1.88. The number of aromatic nitrogens is 2. The summed E-state index contributed by atoms with van der Waals surface area (Å²) in [5.74, 6) is 0. The van der Waals surface area contributed by atoms with Gasteiger partial charge in [-0.15, -0.1) is 0 Å². The van der Waals surface area contributed by atoms with Gasteiger partial charge in [-0.05, 0) is 23.8 Å². The van der Waals surface area contributed by atoms with E-state index in [1.165, 1.54) is 5.57 Å². The molecule has 0 bridgehead atoms. The first kappa shape index (κ1) is 11.8. The number of anilines is 3. The van der Waals surface area contributed by atoms with Gasteiger partial charge in [0.2, 0.25) is 0 Å². The minimum atomic E-state index is 0.729. The first-order chi connectivity index (χ1) is 10.2. The number of nitrogens with one attached hydrogen (secondary N) is 2. The molecule has 5 nitrogen and oxygen atoms in total. The molecule has 0 radical (unpaired) electrons. The summed E-state index contributed by atoms with van der Waals surface area (Å²) in [6, 6.07) is 7.77. The van der Waals surface area contributed by atoms with Gasteiger partial charge < -0.3 is 21.8 Å². The topological polar surface area (TPSA) is 92.7 Å². The largest absolute Gasteiger partial charge is 0.398 e. The second kappa shape index (κ2) is 4.28. The fourth-order valence-electron chi connectivity index (χ4n) is 2.85. The van der Waals surface area contributed by atoms with Gasteiger partial charge in [-0.25, -0.2) is 4.98 Å². The van der Waals surface area contributed by atoms with Gasteiger partial charge >= 0.3 is 0 Å². The van der Waals surface area contributed by atoms with Crippen molar-refractivity contribution in [1.29, 1.82) is 0 Å². The highest BCUT2D eigenvalue weighted by molar-refractivity contribution is 6.03. The van der Waals surface area contributed by atoms with Gasteiger partial charge in [0.15, 0.2) is 0 Å². The van der Waals surface area contributed by atoms with Gasteiger partial charge in [-0.1, -0.05) is 12.1 Å². The second-order valence-electron chi connectivity index (χ2n) is 5.16. The van der Waals surface area contributed by atoms with Gasteiger partial charge in [-0.2, -0.15) is 0 Å². The first-order valence-electron chi connectivity index (χ1n) is 6.79. The van der Waals surface area contributed by atoms with E-state index in [-0.39, 0.29) is 0 Å². The lowest BCUT2D eigenvalue weighted by Crippen LogP contribution is -1.95. The molecule has 21 heavy (non-hydrogen) atoms. The van der Waals surface area contributed by atoms with Crippen LogP contribution in [-0.2, 0) is 0 Å². The quantitative estimate of drug-likeness (QED) is 0.514. The predicted molar refractivity (Wildman–Crippen MR) is 87.7 cm³/mol. The molecule has 3 heterocycles. The molecule has 1 aliphatic rings. The molecule has 6 N–H and O–H groups in total. The third kappa shape index (κ3) is 1.74. The molecular formula is C16H15N5. The summed E-state index contributed by atoms with van der Waals surface area (Å²) < 4.78 is 0. The standard InChI is InChI=1S/C16H15N5/c17-12-4-5-19-16-14(12)10(8-21-16)6-9-7-20-15-11(9)2-1-3-13(15)18/h1-6,8,20H,7,18H2,(H3,17,19,21). The molecule has 0 fully saturated rings. The third-order valence-corrected chi connectivity index (χ3v) is 3.86. The number of rotatable bonds is 1. The molecule has 0 saturated heterocycles. The van der Waals surface area contributed by atoms with Crippen molar-refractivity contribution in [3.05, 3.63) is 47.8 Å². The molecule has 0 aliphatic carbocycles. The van der Waals surface area contributed by atoms with Gasteiger partial charge in [0.05, 0.1) is 11.4 Å². The average molecular weight is 277 g/mol. The van der Waals surface area contributed by atoms with Crippen LogP contribution in [0.15, 0.2) is 36.7 Å². The Morgan fingerprint density at radius 2 is 2.05 bits per heavy atom. The normalized spacial score (nSPS) is 15.3. The second-order valence-corrected chi connectivity index (χ2v) is 5.16. The van der Waals surface area contributed by atoms with Gasteiger partial charge in [0, 0.05) is 41.1 Å². The number of benzene rings is 1. The lowest BCUT2D eigenvalue weighted by molar-refractivity contribution is 1.33. The van der Waals surface area contributed by atoms with E-state index >= 15 is 0 Å². The summed E-state index contributed by atoms with van der Waals surface area (Å²) in [7, 11) is 0. The number of hydrogen-bond donors (Lipinski definition) is 4. The van der Waals surface area contributed by atoms with Crippen LogP contribution in [0.5, 0.6) is 0 Å². The summed E-state index contributed by atoms with van der Waals surface area (Å²) in [5, 5.41) is 4.30. The Hall–Kier alpha value is -2.95. The van der Waals surface area contributed by atoms with Crippen molar-refractivity contribution in [1.82, 2.24) is 9.97 Å². The lowest BCUT2D eigenvalue weighted by Gasteiger charge is -2.02. The van der Waals surface area contributed by atoms with Crippen LogP contribution in [0.1, 0.15) is 11.1 Å². The number of pyridine rings is 1. The number of nitrogens with zero attached hydrogens (tertiary/aromatic N) is 1. The molecule has 1 aromatic carbocycles. The number of fused-ring (bicyclic) bond motifs is 2. The molecule has 3 aromatic rings. The summed E-state index contributed by atoms with van der Waals surface area (Å²) in [4.78, 5) is 7.45. The number of H-pyrrole nitrogens is 1. The van der Waals surface area contributed by atoms with Gasteiger partial charge in [-0.3, -0.25) is 0 Å². The van der Waals surface area contributed by atoms with E-state index in [0.29, 0.717) is 0 Å². The zero-order valence-electron chi connectivity index (χ0n) is 11.4. The fraction of sp³-hybridized carbons (Fsp3) is 0.0625. The van der Waals surface area contributed by atoms with Crippen LogP contribution in [0.2, 0.25) is 0 Å². The highest BCUT2D eigenvalue weighted by atomic mass is 14.9. The monoisotopic (exact) mass is 277 g/mol. The minimum Gasteiger partial charge on any atom is -0.398 e. The zero-order chi connectivity index (χ0) is 14.4. The Morgan fingerprint density at radius 3 is 2.95 bits per heavy atom. The molecule has 5 heteroatoms. The first-order valence-corrected chi connectivity index (χ1v) is 6.79. The molecule has 4 rings (SSSR count). The SMILES string of the molecule is Nc1cccc2c1NCC2=Cc1c[nH]c2nccc(N)c12. The number of nitrogen functional groups attached to an aromatic ring is 2. The average Bonchev–Trinajstić information content (AvgIpc) is 3.06. The van der Waals surface area contributed by atoms with Crippen molar-refractivity contribution in [2.24, 2.45) is 0 Å². The van der Waals surface area contributed by atoms with E-state index in [9.17, 15) is 0 Å². The maximum absolute atomic E-state index is 6.07. The zero-order valence-corrected chi connectivity index (χ0v) is 11.4. The molecule has 1 aliphatic heterocycles. The number of nitrogens with two attached hydrogens (primary N) is 2. The highest BCUT2D eigenvalue weighted by Gasteiger charge is 2.18. The number of hydrogen-bond acceptors (Lipinski definition) is 4. The van der Waals surface area contributed by atoms with E-state index in [4.69, 9.17) is 11.5 Å². The van der Waals surface area contributed by atoms with E-state index in [1.54, 1.807) is 6.20 Å². The van der Waals surface area contributed by atoms with E-state index in [2.05, 4.69) is 27.4 Å². The molecule has 0 atom stereocenters. The lowest BCUT2D eigenvalue weighted by atomic mass is 10.0. The molecule has 2 aromatic heterocycles. The van der Waals surface area contributed by atoms with Crippen LogP contribution in [0.25, 0.3) is 22.7 Å². The van der Waals surface area contributed by atoms with Crippen LogP contribution >= 0.6 is 0 Å². The van der Waals surface area contributed by atoms with Crippen molar-refractivity contribution in [2.45, 2.75) is 0 Å². The molecule has 0 saturated carbocycles. The smallest absolute Gasteiger partial charge is 0.139 e. The molecular weight excluding hydrogens is 262 g/mol. The van der Waals surface area contributed by atoms with E-state index in [1.807, 2.05) is 24.4 Å². The molecule has 0 unspecified atom stereocenters. The van der Waals surface area contributed by atoms with Crippen molar-refractivity contribution >= 4 is 39.7 Å². The molecule has 0 amide bonds. The van der Waals surface area contributed by atoms with Crippen molar-refractivity contribution < 1.29 is 0 Å². The molecule has 104 valence electrons. The Morgan fingerprint density at radius 1 is 1.14 bits per heavy atom. The Kier molecular flexibility index (Phi) is 2.41. The maximum atomic E-state index is 6.07. The molecule has 0 spiro atoms. The third-order valence-electron chi connectivity index (χ3n) is 3.86. The van der Waals surface area contributed by atoms with Gasteiger partial charge in [0.25, 0.3) is 0 Å². The number of aromatic amines is 1. The summed E-state index contributed by atoms with van der Waals surface area (Å²) >= 11 is 0. The van der Waals surface area contributed by atoms with Crippen LogP contribution in [-0.4, -0.2) is 16.5 Å². The van der Waals surface area contributed by atoms with Crippen molar-refractivity contribution in [3.63, 3.8) is 0 Å². The van der Waals surface area contributed by atoms with Crippen LogP contribution < -0.4 is 16.8 Å². The maximum Gasteiger partial charge on any atom is 0.139 e. The summed E-state index contributed by atoms with van der Waals surface area (Å²) in [5.41, 5.74) is 18.8. The predicted octanol–water partition coefficient (Wildman–Crippen LogP) is 2.69. The van der Waals surface area contributed by atoms with Gasteiger partial charge in [0.1, 0.15) is 5.65 Å².